The van der Waals surface area contributed by atoms with Gasteiger partial charge in [-0.1, -0.05) is 26.8 Å². The molecule has 1 amide bonds. The van der Waals surface area contributed by atoms with Gasteiger partial charge in [-0.2, -0.15) is 0 Å². The third-order valence-electron chi connectivity index (χ3n) is 3.42. The highest BCUT2D eigenvalue weighted by Crippen LogP contribution is 2.22. The van der Waals surface area contributed by atoms with E-state index in [0.717, 1.165) is 17.8 Å². The van der Waals surface area contributed by atoms with Crippen LogP contribution in [0, 0.1) is 5.41 Å². The van der Waals surface area contributed by atoms with Crippen LogP contribution in [0.25, 0.3) is 0 Å². The molecule has 0 saturated heterocycles. The molecule has 4 heteroatoms. The van der Waals surface area contributed by atoms with Gasteiger partial charge < -0.3 is 15.7 Å². The van der Waals surface area contributed by atoms with Crippen molar-refractivity contribution >= 4 is 17.3 Å². The van der Waals surface area contributed by atoms with Gasteiger partial charge in [0.25, 0.3) is 0 Å². The summed E-state index contributed by atoms with van der Waals surface area (Å²) in [5.41, 5.74) is 1.61. The number of anilines is 2. The van der Waals surface area contributed by atoms with Gasteiger partial charge in [0.2, 0.25) is 5.91 Å². The van der Waals surface area contributed by atoms with E-state index in [1.54, 1.807) is 0 Å². The van der Waals surface area contributed by atoms with Gasteiger partial charge >= 0.3 is 0 Å². The van der Waals surface area contributed by atoms with Crippen LogP contribution < -0.4 is 10.6 Å². The number of benzene rings is 1. The van der Waals surface area contributed by atoms with Crippen LogP contribution in [0.4, 0.5) is 11.4 Å². The molecule has 19 heavy (non-hydrogen) atoms. The number of aliphatic hydroxyl groups is 1. The quantitative estimate of drug-likeness (QED) is 0.709. The van der Waals surface area contributed by atoms with E-state index in [2.05, 4.69) is 17.6 Å². The van der Waals surface area contributed by atoms with Crippen molar-refractivity contribution in [3.8, 4) is 0 Å². The van der Waals surface area contributed by atoms with E-state index in [-0.39, 0.29) is 17.9 Å². The first-order valence-corrected chi connectivity index (χ1v) is 6.77. The van der Waals surface area contributed by atoms with Gasteiger partial charge in [0.15, 0.2) is 0 Å². The van der Waals surface area contributed by atoms with Gasteiger partial charge in [0.05, 0.1) is 6.61 Å². The average molecular weight is 264 g/mol. The third-order valence-corrected chi connectivity index (χ3v) is 3.42. The van der Waals surface area contributed by atoms with Gasteiger partial charge in [-0.05, 0) is 24.6 Å². The first kappa shape index (κ1) is 15.5. The van der Waals surface area contributed by atoms with E-state index in [4.69, 9.17) is 0 Å². The van der Waals surface area contributed by atoms with Crippen molar-refractivity contribution in [1.82, 2.24) is 0 Å². The molecule has 0 saturated carbocycles. The van der Waals surface area contributed by atoms with E-state index in [1.807, 2.05) is 38.1 Å². The maximum atomic E-state index is 11.3. The standard InChI is InChI=1S/C15H24N2O2/c1-4-14(19)17-13-8-6-7-12(9-13)16-10-15(3,5-2)11-18/h6-9,16,18H,4-5,10-11H2,1-3H3,(H,17,19). The SMILES string of the molecule is CCC(=O)Nc1cccc(NCC(C)(CC)CO)c1. The minimum Gasteiger partial charge on any atom is -0.396 e. The molecule has 0 aliphatic carbocycles. The number of hydrogen-bond donors (Lipinski definition) is 3. The lowest BCUT2D eigenvalue weighted by Crippen LogP contribution is -2.29. The molecule has 1 aromatic rings. The summed E-state index contributed by atoms with van der Waals surface area (Å²) in [6, 6.07) is 7.62. The predicted molar refractivity (Wildman–Crippen MR) is 79.3 cm³/mol. The normalized spacial score (nSPS) is 13.7. The fourth-order valence-electron chi connectivity index (χ4n) is 1.56. The largest absolute Gasteiger partial charge is 0.396 e. The maximum absolute atomic E-state index is 11.3. The molecule has 0 radical (unpaired) electrons. The molecule has 0 heterocycles. The molecule has 1 unspecified atom stereocenters. The smallest absolute Gasteiger partial charge is 0.224 e. The Morgan fingerprint density at radius 1 is 1.32 bits per heavy atom. The van der Waals surface area contributed by atoms with Crippen molar-refractivity contribution in [3.05, 3.63) is 24.3 Å². The molecule has 4 nitrogen and oxygen atoms in total. The fourth-order valence-corrected chi connectivity index (χ4v) is 1.56. The van der Waals surface area contributed by atoms with Crippen molar-refractivity contribution in [2.75, 3.05) is 23.8 Å². The van der Waals surface area contributed by atoms with E-state index in [0.29, 0.717) is 13.0 Å². The van der Waals surface area contributed by atoms with Gasteiger partial charge in [-0.15, -0.1) is 0 Å². The van der Waals surface area contributed by atoms with Gasteiger partial charge in [-0.25, -0.2) is 0 Å². The number of hydrogen-bond acceptors (Lipinski definition) is 3. The molecule has 106 valence electrons. The summed E-state index contributed by atoms with van der Waals surface area (Å²) in [7, 11) is 0. The van der Waals surface area contributed by atoms with Crippen LogP contribution in [-0.4, -0.2) is 24.2 Å². The minimum absolute atomic E-state index is 0.00547. The molecule has 0 bridgehead atoms. The Labute approximate surface area is 115 Å². The molecule has 1 aromatic carbocycles. The zero-order valence-corrected chi connectivity index (χ0v) is 12.0. The van der Waals surface area contributed by atoms with Crippen molar-refractivity contribution in [2.45, 2.75) is 33.6 Å². The fraction of sp³-hybridized carbons (Fsp3) is 0.533. The molecule has 0 fully saturated rings. The average Bonchev–Trinajstić information content (AvgIpc) is 2.45. The molecule has 0 aliphatic rings. The number of carbonyl (C=O) groups excluding carboxylic acids is 1. The van der Waals surface area contributed by atoms with Crippen LogP contribution in [0.15, 0.2) is 24.3 Å². The zero-order valence-electron chi connectivity index (χ0n) is 12.0. The van der Waals surface area contributed by atoms with E-state index in [9.17, 15) is 9.90 Å². The first-order chi connectivity index (χ1) is 9.03. The molecule has 0 aromatic heterocycles. The summed E-state index contributed by atoms with van der Waals surface area (Å²) in [6.07, 6.45) is 1.37. The highest BCUT2D eigenvalue weighted by atomic mass is 16.3. The summed E-state index contributed by atoms with van der Waals surface area (Å²) in [4.78, 5) is 11.3. The minimum atomic E-state index is -0.122. The Morgan fingerprint density at radius 3 is 2.58 bits per heavy atom. The van der Waals surface area contributed by atoms with Crippen LogP contribution in [-0.2, 0) is 4.79 Å². The molecule has 1 rings (SSSR count). The van der Waals surface area contributed by atoms with Crippen LogP contribution in [0.2, 0.25) is 0 Å². The van der Waals surface area contributed by atoms with Crippen LogP contribution in [0.3, 0.4) is 0 Å². The van der Waals surface area contributed by atoms with E-state index < -0.39 is 0 Å². The van der Waals surface area contributed by atoms with Crippen LogP contribution in [0.1, 0.15) is 33.6 Å². The van der Waals surface area contributed by atoms with Crippen LogP contribution >= 0.6 is 0 Å². The van der Waals surface area contributed by atoms with Crippen LogP contribution in [0.5, 0.6) is 0 Å². The Bertz CT molecular complexity index is 414. The van der Waals surface area contributed by atoms with Crippen molar-refractivity contribution in [2.24, 2.45) is 5.41 Å². The summed E-state index contributed by atoms with van der Waals surface area (Å²) in [6.45, 7) is 6.79. The lowest BCUT2D eigenvalue weighted by atomic mass is 9.88. The number of carbonyl (C=O) groups is 1. The first-order valence-electron chi connectivity index (χ1n) is 6.77. The molecule has 1 atom stereocenters. The lowest BCUT2D eigenvalue weighted by molar-refractivity contribution is -0.115. The molecule has 0 spiro atoms. The molecular weight excluding hydrogens is 240 g/mol. The summed E-state index contributed by atoms with van der Waals surface area (Å²) < 4.78 is 0. The second-order valence-corrected chi connectivity index (χ2v) is 5.16. The molecular formula is C15H24N2O2. The van der Waals surface area contributed by atoms with Gasteiger partial charge in [0.1, 0.15) is 0 Å². The molecule has 0 aliphatic heterocycles. The van der Waals surface area contributed by atoms with Crippen molar-refractivity contribution in [3.63, 3.8) is 0 Å². The number of aliphatic hydroxyl groups excluding tert-OH is 1. The monoisotopic (exact) mass is 264 g/mol. The van der Waals surface area contributed by atoms with E-state index >= 15 is 0 Å². The third kappa shape index (κ3) is 4.91. The predicted octanol–water partition coefficient (Wildman–Crippen LogP) is 2.86. The van der Waals surface area contributed by atoms with Crippen molar-refractivity contribution in [1.29, 1.82) is 0 Å². The lowest BCUT2D eigenvalue weighted by Gasteiger charge is -2.26. The zero-order chi connectivity index (χ0) is 14.3. The Kier molecular flexibility index (Phi) is 5.83. The number of nitrogens with one attached hydrogen (secondary N) is 2. The number of rotatable bonds is 7. The van der Waals surface area contributed by atoms with Gasteiger partial charge in [-0.3, -0.25) is 4.79 Å². The Morgan fingerprint density at radius 2 is 2.00 bits per heavy atom. The summed E-state index contributed by atoms with van der Waals surface area (Å²) in [5.74, 6) is 0.00547. The second-order valence-electron chi connectivity index (χ2n) is 5.16. The van der Waals surface area contributed by atoms with Crippen molar-refractivity contribution < 1.29 is 9.90 Å². The highest BCUT2D eigenvalue weighted by Gasteiger charge is 2.20. The highest BCUT2D eigenvalue weighted by molar-refractivity contribution is 5.90. The van der Waals surface area contributed by atoms with Gasteiger partial charge in [0, 0.05) is 29.8 Å². The number of amides is 1. The summed E-state index contributed by atoms with van der Waals surface area (Å²) >= 11 is 0. The second kappa shape index (κ2) is 7.14. The Hall–Kier alpha value is -1.55. The topological polar surface area (TPSA) is 61.4 Å². The Balaban J connectivity index is 2.64. The maximum Gasteiger partial charge on any atom is 0.224 e. The van der Waals surface area contributed by atoms with E-state index in [1.165, 1.54) is 0 Å². The molecule has 3 N–H and O–H groups in total. The summed E-state index contributed by atoms with van der Waals surface area (Å²) in [5, 5.41) is 15.5.